The summed E-state index contributed by atoms with van der Waals surface area (Å²) in [5.41, 5.74) is 3.72. The number of hydrogen-bond donors (Lipinski definition) is 1. The molecular formula is C26H22FN3O3S. The molecule has 1 aliphatic heterocycles. The van der Waals surface area contributed by atoms with Gasteiger partial charge in [-0.3, -0.25) is 19.8 Å². The first-order chi connectivity index (χ1) is 16.3. The van der Waals surface area contributed by atoms with E-state index < -0.39 is 17.6 Å². The fourth-order valence-corrected chi connectivity index (χ4v) is 4.10. The zero-order valence-electron chi connectivity index (χ0n) is 18.7. The van der Waals surface area contributed by atoms with E-state index in [9.17, 15) is 14.0 Å². The number of thiocarbonyl (C=S) groups is 1. The third kappa shape index (κ3) is 4.40. The number of ether oxygens (including phenoxy) is 1. The summed E-state index contributed by atoms with van der Waals surface area (Å²) < 4.78 is 20.9. The largest absolute Gasteiger partial charge is 0.490 e. The highest BCUT2D eigenvalue weighted by Gasteiger charge is 2.34. The van der Waals surface area contributed by atoms with Crippen LogP contribution in [0.5, 0.6) is 5.75 Å². The molecule has 0 spiro atoms. The number of rotatable bonds is 6. The van der Waals surface area contributed by atoms with Gasteiger partial charge in [-0.1, -0.05) is 12.7 Å². The number of nitrogens with one attached hydrogen (secondary N) is 1. The normalized spacial score (nSPS) is 15.0. The van der Waals surface area contributed by atoms with E-state index in [-0.39, 0.29) is 10.7 Å². The van der Waals surface area contributed by atoms with Crippen molar-refractivity contribution in [2.45, 2.75) is 13.8 Å². The molecule has 1 aliphatic rings. The van der Waals surface area contributed by atoms with Crippen LogP contribution in [0.25, 0.3) is 11.8 Å². The first kappa shape index (κ1) is 23.1. The van der Waals surface area contributed by atoms with E-state index in [1.54, 1.807) is 12.2 Å². The molecule has 0 aliphatic carbocycles. The molecule has 172 valence electrons. The molecule has 1 aromatic heterocycles. The van der Waals surface area contributed by atoms with Crippen molar-refractivity contribution in [2.75, 3.05) is 11.5 Å². The molecule has 0 saturated carbocycles. The van der Waals surface area contributed by atoms with E-state index in [0.717, 1.165) is 28.4 Å². The molecule has 4 rings (SSSR count). The van der Waals surface area contributed by atoms with E-state index >= 15 is 0 Å². The number of carbonyl (C=O) groups is 2. The Morgan fingerprint density at radius 1 is 1.06 bits per heavy atom. The summed E-state index contributed by atoms with van der Waals surface area (Å²) in [5.74, 6) is -0.864. The Labute approximate surface area is 201 Å². The summed E-state index contributed by atoms with van der Waals surface area (Å²) >= 11 is 5.20. The number of nitrogens with zero attached hydrogens (tertiary/aromatic N) is 2. The van der Waals surface area contributed by atoms with E-state index in [2.05, 4.69) is 11.9 Å². The van der Waals surface area contributed by atoms with Gasteiger partial charge in [0.15, 0.2) is 5.11 Å². The van der Waals surface area contributed by atoms with Gasteiger partial charge < -0.3 is 9.30 Å². The van der Waals surface area contributed by atoms with Crippen molar-refractivity contribution in [1.82, 2.24) is 9.88 Å². The summed E-state index contributed by atoms with van der Waals surface area (Å²) in [6.45, 7) is 7.92. The Morgan fingerprint density at radius 2 is 1.71 bits per heavy atom. The summed E-state index contributed by atoms with van der Waals surface area (Å²) in [6.07, 6.45) is 3.23. The van der Waals surface area contributed by atoms with Crippen molar-refractivity contribution in [2.24, 2.45) is 0 Å². The van der Waals surface area contributed by atoms with E-state index in [1.165, 1.54) is 29.2 Å². The molecule has 1 fully saturated rings. The fraction of sp³-hybridized carbons (Fsp3) is 0.115. The lowest BCUT2D eigenvalue weighted by Gasteiger charge is -2.28. The van der Waals surface area contributed by atoms with Crippen LogP contribution in [0.3, 0.4) is 0 Å². The van der Waals surface area contributed by atoms with Crippen molar-refractivity contribution in [1.29, 1.82) is 0 Å². The second-order valence-corrected chi connectivity index (χ2v) is 8.08. The van der Waals surface area contributed by atoms with Crippen LogP contribution < -0.4 is 15.0 Å². The van der Waals surface area contributed by atoms with Gasteiger partial charge in [-0.2, -0.15) is 0 Å². The van der Waals surface area contributed by atoms with Crippen LogP contribution in [0.2, 0.25) is 0 Å². The zero-order valence-corrected chi connectivity index (χ0v) is 19.5. The highest BCUT2D eigenvalue weighted by Crippen LogP contribution is 2.27. The Kier molecular flexibility index (Phi) is 6.43. The summed E-state index contributed by atoms with van der Waals surface area (Å²) in [6, 6.07) is 14.8. The molecule has 2 amide bonds. The van der Waals surface area contributed by atoms with Gasteiger partial charge in [0.2, 0.25) is 0 Å². The number of aryl methyl sites for hydroxylation is 1. The van der Waals surface area contributed by atoms with Gasteiger partial charge in [0.05, 0.1) is 5.69 Å². The van der Waals surface area contributed by atoms with Gasteiger partial charge in [-0.05, 0) is 92.3 Å². The maximum atomic E-state index is 13.3. The first-order valence-electron chi connectivity index (χ1n) is 10.5. The average molecular weight is 476 g/mol. The molecule has 6 nitrogen and oxygen atoms in total. The van der Waals surface area contributed by atoms with Crippen molar-refractivity contribution in [3.05, 3.63) is 95.6 Å². The molecule has 1 saturated heterocycles. The maximum Gasteiger partial charge on any atom is 0.270 e. The maximum absolute atomic E-state index is 13.3. The minimum Gasteiger partial charge on any atom is -0.490 e. The number of halogens is 1. The van der Waals surface area contributed by atoms with E-state index in [1.807, 2.05) is 48.7 Å². The summed E-state index contributed by atoms with van der Waals surface area (Å²) in [4.78, 5) is 27.0. The molecule has 34 heavy (non-hydrogen) atoms. The van der Waals surface area contributed by atoms with Gasteiger partial charge in [0, 0.05) is 17.1 Å². The Morgan fingerprint density at radius 3 is 2.35 bits per heavy atom. The molecule has 0 bridgehead atoms. The standard InChI is InChI=1S/C26H22FN3O3S/c1-4-13-33-22-11-9-20(10-12-22)29-16(2)14-18(17(29)3)15-23-24(31)28-26(34)30(25(23)32)21-7-5-19(27)6-8-21/h4-12,14-15H,1,13H2,2-3H3,(H,28,31,34)/b23-15-. The average Bonchev–Trinajstić information content (AvgIpc) is 3.09. The number of benzene rings is 2. The highest BCUT2D eigenvalue weighted by atomic mass is 32.1. The molecular weight excluding hydrogens is 453 g/mol. The lowest BCUT2D eigenvalue weighted by atomic mass is 10.1. The smallest absolute Gasteiger partial charge is 0.270 e. The van der Waals surface area contributed by atoms with Crippen molar-refractivity contribution in [3.63, 3.8) is 0 Å². The molecule has 2 aromatic carbocycles. The second kappa shape index (κ2) is 9.44. The Hall–Kier alpha value is -4.04. The van der Waals surface area contributed by atoms with Crippen molar-refractivity contribution in [3.8, 4) is 11.4 Å². The third-order valence-electron chi connectivity index (χ3n) is 5.42. The van der Waals surface area contributed by atoms with Crippen LogP contribution in [0.15, 0.2) is 72.8 Å². The highest BCUT2D eigenvalue weighted by molar-refractivity contribution is 7.80. The molecule has 0 atom stereocenters. The van der Waals surface area contributed by atoms with E-state index in [4.69, 9.17) is 17.0 Å². The summed E-state index contributed by atoms with van der Waals surface area (Å²) in [5, 5.41) is 2.49. The Balaban J connectivity index is 1.68. The van der Waals surface area contributed by atoms with Crippen LogP contribution >= 0.6 is 12.2 Å². The quantitative estimate of drug-likeness (QED) is 0.244. The molecule has 0 unspecified atom stereocenters. The van der Waals surface area contributed by atoms with Crippen molar-refractivity contribution < 1.29 is 18.7 Å². The molecule has 2 heterocycles. The third-order valence-corrected chi connectivity index (χ3v) is 5.70. The lowest BCUT2D eigenvalue weighted by Crippen LogP contribution is -2.54. The van der Waals surface area contributed by atoms with Gasteiger partial charge in [0.1, 0.15) is 23.7 Å². The monoisotopic (exact) mass is 475 g/mol. The van der Waals surface area contributed by atoms with E-state index in [0.29, 0.717) is 12.3 Å². The van der Waals surface area contributed by atoms with Crippen LogP contribution in [-0.4, -0.2) is 28.1 Å². The number of anilines is 1. The zero-order chi connectivity index (χ0) is 24.4. The van der Waals surface area contributed by atoms with Crippen LogP contribution in [0.1, 0.15) is 17.0 Å². The summed E-state index contributed by atoms with van der Waals surface area (Å²) in [7, 11) is 0. The minimum atomic E-state index is -0.582. The molecule has 3 aromatic rings. The predicted molar refractivity (Wildman–Crippen MR) is 134 cm³/mol. The number of aromatic nitrogens is 1. The molecule has 0 radical (unpaired) electrons. The molecule has 1 N–H and O–H groups in total. The first-order valence-corrected chi connectivity index (χ1v) is 10.9. The van der Waals surface area contributed by atoms with Crippen molar-refractivity contribution >= 4 is 40.9 Å². The molecule has 8 heteroatoms. The minimum absolute atomic E-state index is 0.0528. The van der Waals surface area contributed by atoms with Gasteiger partial charge in [0.25, 0.3) is 11.8 Å². The van der Waals surface area contributed by atoms with Gasteiger partial charge >= 0.3 is 0 Å². The van der Waals surface area contributed by atoms with Gasteiger partial charge in [-0.15, -0.1) is 0 Å². The fourth-order valence-electron chi connectivity index (χ4n) is 3.82. The van der Waals surface area contributed by atoms with Crippen LogP contribution in [-0.2, 0) is 9.59 Å². The number of amides is 2. The SMILES string of the molecule is C=CCOc1ccc(-n2c(C)cc(/C=C3/C(=O)NC(=S)N(c4ccc(F)cc4)C3=O)c2C)cc1. The predicted octanol–water partition coefficient (Wildman–Crippen LogP) is 4.63. The van der Waals surface area contributed by atoms with Crippen LogP contribution in [0.4, 0.5) is 10.1 Å². The topological polar surface area (TPSA) is 63.6 Å². The van der Waals surface area contributed by atoms with Gasteiger partial charge in [-0.25, -0.2) is 4.39 Å². The number of carbonyl (C=O) groups excluding carboxylic acids is 2. The second-order valence-electron chi connectivity index (χ2n) is 7.69. The lowest BCUT2D eigenvalue weighted by molar-refractivity contribution is -0.122. The number of hydrogen-bond acceptors (Lipinski definition) is 4. The Bertz CT molecular complexity index is 1320. The van der Waals surface area contributed by atoms with Crippen LogP contribution in [0, 0.1) is 19.7 Å².